The highest BCUT2D eigenvalue weighted by Gasteiger charge is 2.32. The molecule has 19 heavy (non-hydrogen) atoms. The van der Waals surface area contributed by atoms with E-state index in [1.807, 2.05) is 6.92 Å². The summed E-state index contributed by atoms with van der Waals surface area (Å²) < 4.78 is 37.4. The van der Waals surface area contributed by atoms with Crippen molar-refractivity contribution in [3.63, 3.8) is 0 Å². The molecule has 8 heteroatoms. The van der Waals surface area contributed by atoms with Gasteiger partial charge in [-0.3, -0.25) is 0 Å². The molecule has 2 aromatic rings. The molecule has 0 aromatic carbocycles. The summed E-state index contributed by atoms with van der Waals surface area (Å²) in [5, 5.41) is 3.53. The van der Waals surface area contributed by atoms with Crippen molar-refractivity contribution in [2.24, 2.45) is 0 Å². The van der Waals surface area contributed by atoms with Crippen LogP contribution in [0, 0.1) is 0 Å². The quantitative estimate of drug-likeness (QED) is 0.939. The van der Waals surface area contributed by atoms with Crippen LogP contribution in [-0.4, -0.2) is 15.0 Å². The lowest BCUT2D eigenvalue weighted by Crippen LogP contribution is -2.11. The molecule has 0 unspecified atom stereocenters. The van der Waals surface area contributed by atoms with E-state index < -0.39 is 11.9 Å². The number of thiazole rings is 1. The second-order valence-corrected chi connectivity index (χ2v) is 4.89. The van der Waals surface area contributed by atoms with Gasteiger partial charge in [0, 0.05) is 17.3 Å². The molecule has 1 N–H and O–H groups in total. The van der Waals surface area contributed by atoms with Gasteiger partial charge in [0.05, 0.1) is 6.54 Å². The first kappa shape index (κ1) is 13.7. The molecule has 0 fully saturated rings. The maximum atomic E-state index is 12.5. The minimum atomic E-state index is -4.46. The molecule has 102 valence electrons. The lowest BCUT2D eigenvalue weighted by atomic mass is 10.4. The first-order chi connectivity index (χ1) is 8.99. The molecule has 0 aliphatic rings. The van der Waals surface area contributed by atoms with Crippen molar-refractivity contribution >= 4 is 17.3 Å². The number of halogens is 3. The van der Waals surface area contributed by atoms with E-state index in [1.165, 1.54) is 11.3 Å². The van der Waals surface area contributed by atoms with Gasteiger partial charge in [0.15, 0.2) is 0 Å². The van der Waals surface area contributed by atoms with E-state index in [9.17, 15) is 13.2 Å². The zero-order chi connectivity index (χ0) is 13.9. The van der Waals surface area contributed by atoms with Crippen LogP contribution in [0.25, 0.3) is 0 Å². The molecular weight excluding hydrogens is 277 g/mol. The molecule has 0 amide bonds. The van der Waals surface area contributed by atoms with Gasteiger partial charge in [-0.15, -0.1) is 11.3 Å². The first-order valence-electron chi connectivity index (χ1n) is 5.56. The van der Waals surface area contributed by atoms with E-state index >= 15 is 0 Å². The SMILES string of the molecule is CCc1cnc(CNc2nccc(C(F)(F)F)n2)s1. The zero-order valence-corrected chi connectivity index (χ0v) is 10.8. The summed E-state index contributed by atoms with van der Waals surface area (Å²) in [4.78, 5) is 12.4. The van der Waals surface area contributed by atoms with Crippen LogP contribution in [-0.2, 0) is 19.1 Å². The lowest BCUT2D eigenvalue weighted by Gasteiger charge is -2.07. The molecule has 2 rings (SSSR count). The number of nitrogens with one attached hydrogen (secondary N) is 1. The van der Waals surface area contributed by atoms with Gasteiger partial charge in [0.1, 0.15) is 10.7 Å². The van der Waals surface area contributed by atoms with Crippen LogP contribution in [0.15, 0.2) is 18.5 Å². The number of anilines is 1. The smallest absolute Gasteiger partial charge is 0.348 e. The number of aromatic nitrogens is 3. The van der Waals surface area contributed by atoms with Crippen LogP contribution in [0.5, 0.6) is 0 Å². The number of nitrogens with zero attached hydrogens (tertiary/aromatic N) is 3. The van der Waals surface area contributed by atoms with E-state index in [2.05, 4.69) is 20.3 Å². The summed E-state index contributed by atoms with van der Waals surface area (Å²) in [6, 6.07) is 0.837. The molecule has 0 spiro atoms. The topological polar surface area (TPSA) is 50.7 Å². The van der Waals surface area contributed by atoms with Crippen LogP contribution >= 0.6 is 11.3 Å². The molecule has 2 heterocycles. The van der Waals surface area contributed by atoms with Crippen molar-refractivity contribution < 1.29 is 13.2 Å². The molecule has 4 nitrogen and oxygen atoms in total. The Kier molecular flexibility index (Phi) is 3.98. The maximum Gasteiger partial charge on any atom is 0.433 e. The molecular formula is C11H11F3N4S. The molecule has 0 aliphatic heterocycles. The monoisotopic (exact) mass is 288 g/mol. The average molecular weight is 288 g/mol. The molecule has 0 bridgehead atoms. The first-order valence-corrected chi connectivity index (χ1v) is 6.38. The summed E-state index contributed by atoms with van der Waals surface area (Å²) in [5.41, 5.74) is -0.960. The van der Waals surface area contributed by atoms with Gasteiger partial charge in [0.25, 0.3) is 0 Å². The Balaban J connectivity index is 2.03. The second-order valence-electron chi connectivity index (χ2n) is 3.69. The standard InChI is InChI=1S/C11H11F3N4S/c1-2-7-5-16-9(19-7)6-17-10-15-4-3-8(18-10)11(12,13)14/h3-5H,2,6H2,1H3,(H,15,17,18). The summed E-state index contributed by atoms with van der Waals surface area (Å²) >= 11 is 1.51. The molecule has 0 aliphatic carbocycles. The van der Waals surface area contributed by atoms with Crippen molar-refractivity contribution in [2.75, 3.05) is 5.32 Å². The van der Waals surface area contributed by atoms with E-state index in [0.29, 0.717) is 6.54 Å². The predicted molar refractivity (Wildman–Crippen MR) is 65.9 cm³/mol. The van der Waals surface area contributed by atoms with E-state index in [-0.39, 0.29) is 5.95 Å². The fourth-order valence-electron chi connectivity index (χ4n) is 1.35. The van der Waals surface area contributed by atoms with Crippen molar-refractivity contribution in [3.8, 4) is 0 Å². The zero-order valence-electron chi connectivity index (χ0n) is 10.0. The predicted octanol–water partition coefficient (Wildman–Crippen LogP) is 3.13. The highest BCUT2D eigenvalue weighted by molar-refractivity contribution is 7.11. The van der Waals surface area contributed by atoms with Crippen LogP contribution in [0.4, 0.5) is 19.1 Å². The largest absolute Gasteiger partial charge is 0.433 e. The Morgan fingerprint density at radius 3 is 2.74 bits per heavy atom. The summed E-state index contributed by atoms with van der Waals surface area (Å²) in [6.07, 6.45) is -0.736. The Morgan fingerprint density at radius 1 is 1.32 bits per heavy atom. The summed E-state index contributed by atoms with van der Waals surface area (Å²) in [6.45, 7) is 2.33. The minimum absolute atomic E-state index is 0.0527. The summed E-state index contributed by atoms with van der Waals surface area (Å²) in [5.74, 6) is -0.0527. The Morgan fingerprint density at radius 2 is 2.11 bits per heavy atom. The van der Waals surface area contributed by atoms with E-state index in [0.717, 1.165) is 28.6 Å². The van der Waals surface area contributed by atoms with Gasteiger partial charge < -0.3 is 5.32 Å². The number of alkyl halides is 3. The Bertz CT molecular complexity index is 553. The maximum absolute atomic E-state index is 12.5. The fraction of sp³-hybridized carbons (Fsp3) is 0.364. The molecule has 0 saturated heterocycles. The summed E-state index contributed by atoms with van der Waals surface area (Å²) in [7, 11) is 0. The van der Waals surface area contributed by atoms with Crippen LogP contribution < -0.4 is 5.32 Å². The van der Waals surface area contributed by atoms with Crippen LogP contribution in [0.2, 0.25) is 0 Å². The highest BCUT2D eigenvalue weighted by Crippen LogP contribution is 2.27. The lowest BCUT2D eigenvalue weighted by molar-refractivity contribution is -0.141. The van der Waals surface area contributed by atoms with Gasteiger partial charge in [-0.2, -0.15) is 13.2 Å². The van der Waals surface area contributed by atoms with E-state index in [1.54, 1.807) is 6.20 Å². The molecule has 0 radical (unpaired) electrons. The van der Waals surface area contributed by atoms with Gasteiger partial charge in [-0.05, 0) is 12.5 Å². The average Bonchev–Trinajstić information content (AvgIpc) is 2.84. The third-order valence-electron chi connectivity index (χ3n) is 2.29. The van der Waals surface area contributed by atoms with Gasteiger partial charge in [0.2, 0.25) is 5.95 Å². The van der Waals surface area contributed by atoms with Crippen molar-refractivity contribution in [2.45, 2.75) is 26.1 Å². The van der Waals surface area contributed by atoms with Gasteiger partial charge in [-0.1, -0.05) is 6.92 Å². The number of rotatable bonds is 4. The van der Waals surface area contributed by atoms with E-state index in [4.69, 9.17) is 0 Å². The highest BCUT2D eigenvalue weighted by atomic mass is 32.1. The second kappa shape index (κ2) is 5.52. The molecule has 0 atom stereocenters. The van der Waals surface area contributed by atoms with Crippen LogP contribution in [0.1, 0.15) is 22.5 Å². The molecule has 2 aromatic heterocycles. The van der Waals surface area contributed by atoms with Crippen molar-refractivity contribution in [1.82, 2.24) is 15.0 Å². The number of hydrogen-bond acceptors (Lipinski definition) is 5. The minimum Gasteiger partial charge on any atom is -0.348 e. The van der Waals surface area contributed by atoms with Gasteiger partial charge >= 0.3 is 6.18 Å². The fourth-order valence-corrected chi connectivity index (χ4v) is 2.15. The third-order valence-corrected chi connectivity index (χ3v) is 3.44. The van der Waals surface area contributed by atoms with Gasteiger partial charge in [-0.25, -0.2) is 15.0 Å². The Labute approximate surface area is 111 Å². The number of hydrogen-bond donors (Lipinski definition) is 1. The number of aryl methyl sites for hydroxylation is 1. The van der Waals surface area contributed by atoms with Crippen molar-refractivity contribution in [3.05, 3.63) is 34.0 Å². The van der Waals surface area contributed by atoms with Crippen LogP contribution in [0.3, 0.4) is 0 Å². The normalized spacial score (nSPS) is 11.6. The van der Waals surface area contributed by atoms with Crippen molar-refractivity contribution in [1.29, 1.82) is 0 Å². The Hall–Kier alpha value is -1.70. The third kappa shape index (κ3) is 3.63. The molecule has 0 saturated carbocycles.